The third-order valence-corrected chi connectivity index (χ3v) is 6.03. The van der Waals surface area contributed by atoms with Crippen LogP contribution in [-0.2, 0) is 24.7 Å². The molecule has 0 amide bonds. The molecule has 0 fully saturated rings. The van der Waals surface area contributed by atoms with Gasteiger partial charge in [-0.1, -0.05) is 105 Å². The van der Waals surface area contributed by atoms with Crippen LogP contribution >= 0.6 is 0 Å². The van der Waals surface area contributed by atoms with E-state index in [1.165, 1.54) is 6.92 Å². The van der Waals surface area contributed by atoms with Crippen LogP contribution in [-0.4, -0.2) is 25.0 Å². The predicted molar refractivity (Wildman–Crippen MR) is 130 cm³/mol. The maximum Gasteiger partial charge on any atom is 0.302 e. The van der Waals surface area contributed by atoms with Crippen LogP contribution in [0, 0.1) is 11.8 Å². The van der Waals surface area contributed by atoms with Crippen molar-refractivity contribution in [1.82, 2.24) is 0 Å². The zero-order valence-corrected chi connectivity index (χ0v) is 19.5. The molecule has 0 aliphatic heterocycles. The van der Waals surface area contributed by atoms with Crippen molar-refractivity contribution in [2.24, 2.45) is 11.8 Å². The first-order valence-corrected chi connectivity index (χ1v) is 11.4. The lowest BCUT2D eigenvalue weighted by atomic mass is 9.80. The van der Waals surface area contributed by atoms with E-state index in [9.17, 15) is 9.59 Å². The van der Waals surface area contributed by atoms with Gasteiger partial charge in [-0.3, -0.25) is 4.79 Å². The Morgan fingerprint density at radius 3 is 1.61 bits per heavy atom. The van der Waals surface area contributed by atoms with Crippen LogP contribution in [0.5, 0.6) is 0 Å². The summed E-state index contributed by atoms with van der Waals surface area (Å²) in [5.74, 6) is -0.811. The lowest BCUT2D eigenvalue weighted by molar-refractivity contribution is -0.153. The van der Waals surface area contributed by atoms with E-state index in [0.717, 1.165) is 23.0 Å². The molecular weight excluding hydrogens is 412 g/mol. The number of benzene rings is 3. The minimum absolute atomic E-state index is 0.0471. The topological polar surface area (TPSA) is 52.6 Å². The van der Waals surface area contributed by atoms with Gasteiger partial charge >= 0.3 is 5.97 Å². The summed E-state index contributed by atoms with van der Waals surface area (Å²) in [4.78, 5) is 23.0. The fourth-order valence-electron chi connectivity index (χ4n) is 4.34. The second kappa shape index (κ2) is 11.6. The fraction of sp³-hybridized carbons (Fsp3) is 0.310. The van der Waals surface area contributed by atoms with Gasteiger partial charge in [-0.2, -0.15) is 0 Å². The number of esters is 1. The molecule has 4 heteroatoms. The Bertz CT molecular complexity index is 905. The van der Waals surface area contributed by atoms with Crippen molar-refractivity contribution < 1.29 is 19.1 Å². The summed E-state index contributed by atoms with van der Waals surface area (Å²) in [5, 5.41) is 0. The summed E-state index contributed by atoms with van der Waals surface area (Å²) in [6, 6.07) is 30.6. The third kappa shape index (κ3) is 5.77. The highest BCUT2D eigenvalue weighted by atomic mass is 16.5. The minimum Gasteiger partial charge on any atom is -0.462 e. The standard InChI is InChI=1S/C29H32O4/c1-22(28(23(2)21-30)33-24(3)31)19-20-32-29(25-13-7-4-8-14-25,26-15-9-5-10-16-26)27-17-11-6-12-18-27/h4-18,21-23,28H,19-20H2,1-3H3/t22-,23+,28-/m1/s1. The number of carbonyl (C=O) groups is 2. The van der Waals surface area contributed by atoms with Crippen molar-refractivity contribution in [3.63, 3.8) is 0 Å². The minimum atomic E-state index is -0.795. The van der Waals surface area contributed by atoms with Crippen molar-refractivity contribution in [2.45, 2.75) is 38.9 Å². The lowest BCUT2D eigenvalue weighted by Gasteiger charge is -2.36. The molecule has 3 aromatic carbocycles. The summed E-state index contributed by atoms with van der Waals surface area (Å²) in [6.07, 6.45) is 0.987. The number of carbonyl (C=O) groups excluding carboxylic acids is 2. The van der Waals surface area contributed by atoms with Crippen LogP contribution in [0.25, 0.3) is 0 Å². The molecule has 0 aliphatic rings. The van der Waals surface area contributed by atoms with Gasteiger partial charge in [0.1, 0.15) is 18.0 Å². The van der Waals surface area contributed by atoms with Gasteiger partial charge in [0.15, 0.2) is 0 Å². The summed E-state index contributed by atoms with van der Waals surface area (Å²) < 4.78 is 12.3. The molecule has 3 aromatic rings. The Labute approximate surface area is 196 Å². The Kier molecular flexibility index (Phi) is 8.56. The second-order valence-electron chi connectivity index (χ2n) is 8.46. The Morgan fingerprint density at radius 2 is 1.24 bits per heavy atom. The lowest BCUT2D eigenvalue weighted by Crippen LogP contribution is -2.35. The molecule has 0 saturated carbocycles. The highest BCUT2D eigenvalue weighted by Gasteiger charge is 2.38. The van der Waals surface area contributed by atoms with Crippen LogP contribution < -0.4 is 0 Å². The maximum atomic E-state index is 11.6. The highest BCUT2D eigenvalue weighted by Crippen LogP contribution is 2.40. The van der Waals surface area contributed by atoms with E-state index < -0.39 is 11.7 Å². The van der Waals surface area contributed by atoms with Gasteiger partial charge in [0.2, 0.25) is 0 Å². The van der Waals surface area contributed by atoms with Gasteiger partial charge in [0.05, 0.1) is 0 Å². The molecule has 0 heterocycles. The first kappa shape index (κ1) is 24.4. The molecule has 0 spiro atoms. The second-order valence-corrected chi connectivity index (χ2v) is 8.46. The molecule has 0 N–H and O–H groups in total. The predicted octanol–water partition coefficient (Wildman–Crippen LogP) is 5.79. The Balaban J connectivity index is 1.96. The van der Waals surface area contributed by atoms with Gasteiger partial charge in [-0.15, -0.1) is 0 Å². The van der Waals surface area contributed by atoms with E-state index >= 15 is 0 Å². The summed E-state index contributed by atoms with van der Waals surface area (Å²) in [5.41, 5.74) is 2.31. The SMILES string of the molecule is CC(=O)O[C@H]([C@H](C)CCOC(c1ccccc1)(c1ccccc1)c1ccccc1)[C@@H](C)C=O. The van der Waals surface area contributed by atoms with Crippen molar-refractivity contribution in [2.75, 3.05) is 6.61 Å². The third-order valence-electron chi connectivity index (χ3n) is 6.03. The average Bonchev–Trinajstić information content (AvgIpc) is 2.86. The van der Waals surface area contributed by atoms with Crippen LogP contribution in [0.15, 0.2) is 91.0 Å². The first-order valence-electron chi connectivity index (χ1n) is 11.4. The number of hydrogen-bond acceptors (Lipinski definition) is 4. The number of aldehydes is 1. The van der Waals surface area contributed by atoms with E-state index in [1.807, 2.05) is 61.5 Å². The van der Waals surface area contributed by atoms with E-state index in [-0.39, 0.29) is 17.8 Å². The largest absolute Gasteiger partial charge is 0.462 e. The van der Waals surface area contributed by atoms with Crippen molar-refractivity contribution in [1.29, 1.82) is 0 Å². The van der Waals surface area contributed by atoms with Gasteiger partial charge in [-0.05, 0) is 29.0 Å². The van der Waals surface area contributed by atoms with Crippen molar-refractivity contribution in [3.8, 4) is 0 Å². The molecule has 0 saturated heterocycles. The fourth-order valence-corrected chi connectivity index (χ4v) is 4.34. The summed E-state index contributed by atoms with van der Waals surface area (Å²) in [6.45, 7) is 5.56. The molecule has 0 unspecified atom stereocenters. The number of hydrogen-bond donors (Lipinski definition) is 0. The number of ether oxygens (including phenoxy) is 2. The zero-order valence-electron chi connectivity index (χ0n) is 19.5. The van der Waals surface area contributed by atoms with E-state index in [0.29, 0.717) is 13.0 Å². The molecule has 172 valence electrons. The highest BCUT2D eigenvalue weighted by molar-refractivity contribution is 5.67. The van der Waals surface area contributed by atoms with E-state index in [2.05, 4.69) is 36.4 Å². The Morgan fingerprint density at radius 1 is 0.818 bits per heavy atom. The molecule has 0 radical (unpaired) electrons. The zero-order chi connectivity index (χ0) is 23.7. The van der Waals surface area contributed by atoms with Gasteiger partial charge < -0.3 is 14.3 Å². The van der Waals surface area contributed by atoms with Crippen LogP contribution in [0.1, 0.15) is 43.9 Å². The van der Waals surface area contributed by atoms with Gasteiger partial charge in [-0.25, -0.2) is 0 Å². The Hall–Kier alpha value is -3.24. The van der Waals surface area contributed by atoms with Gasteiger partial charge in [0, 0.05) is 19.4 Å². The first-order chi connectivity index (χ1) is 16.0. The average molecular weight is 445 g/mol. The monoisotopic (exact) mass is 444 g/mol. The quantitative estimate of drug-likeness (QED) is 0.213. The van der Waals surface area contributed by atoms with Gasteiger partial charge in [0.25, 0.3) is 0 Å². The van der Waals surface area contributed by atoms with E-state index in [4.69, 9.17) is 9.47 Å². The smallest absolute Gasteiger partial charge is 0.302 e. The maximum absolute atomic E-state index is 11.6. The molecule has 3 atom stereocenters. The van der Waals surface area contributed by atoms with Crippen LogP contribution in [0.2, 0.25) is 0 Å². The number of rotatable bonds is 11. The summed E-state index contributed by atoms with van der Waals surface area (Å²) >= 11 is 0. The summed E-state index contributed by atoms with van der Waals surface area (Å²) in [7, 11) is 0. The van der Waals surface area contributed by atoms with Crippen molar-refractivity contribution >= 4 is 12.3 Å². The molecular formula is C29H32O4. The molecule has 0 bridgehead atoms. The molecule has 0 aliphatic carbocycles. The van der Waals surface area contributed by atoms with Crippen LogP contribution in [0.4, 0.5) is 0 Å². The normalized spacial score (nSPS) is 14.2. The molecule has 4 nitrogen and oxygen atoms in total. The molecule has 3 rings (SSSR count). The molecule has 0 aromatic heterocycles. The van der Waals surface area contributed by atoms with Crippen molar-refractivity contribution in [3.05, 3.63) is 108 Å². The van der Waals surface area contributed by atoms with E-state index in [1.54, 1.807) is 6.92 Å². The molecule has 33 heavy (non-hydrogen) atoms. The van der Waals surface area contributed by atoms with Crippen LogP contribution in [0.3, 0.4) is 0 Å².